The van der Waals surface area contributed by atoms with Crippen LogP contribution < -0.4 is 5.73 Å². The van der Waals surface area contributed by atoms with Gasteiger partial charge in [0.25, 0.3) is 0 Å². The van der Waals surface area contributed by atoms with Gasteiger partial charge in [0.1, 0.15) is 5.84 Å². The van der Waals surface area contributed by atoms with E-state index < -0.39 is 0 Å². The third kappa shape index (κ3) is 7.48. The minimum Gasteiger partial charge on any atom is -0.409 e. The maximum absolute atomic E-state index is 8.46. The predicted molar refractivity (Wildman–Crippen MR) is 65.8 cm³/mol. The van der Waals surface area contributed by atoms with Gasteiger partial charge in [0.2, 0.25) is 0 Å². The fourth-order valence-corrected chi connectivity index (χ4v) is 1.45. The molecule has 0 spiro atoms. The summed E-state index contributed by atoms with van der Waals surface area (Å²) in [5, 5.41) is 11.4. The van der Waals surface area contributed by atoms with Gasteiger partial charge in [0.15, 0.2) is 0 Å². The van der Waals surface area contributed by atoms with Crippen LogP contribution >= 0.6 is 0 Å². The lowest BCUT2D eigenvalue weighted by molar-refractivity contribution is 0.126. The van der Waals surface area contributed by atoms with Crippen LogP contribution in [0.25, 0.3) is 0 Å². The summed E-state index contributed by atoms with van der Waals surface area (Å²) in [5.41, 5.74) is 5.45. The summed E-state index contributed by atoms with van der Waals surface area (Å²) in [7, 11) is 0. The van der Waals surface area contributed by atoms with Crippen LogP contribution in [0.3, 0.4) is 0 Å². The first-order valence-electron chi connectivity index (χ1n) is 5.90. The quantitative estimate of drug-likeness (QED) is 0.206. The van der Waals surface area contributed by atoms with Crippen LogP contribution in [0.15, 0.2) is 5.16 Å². The summed E-state index contributed by atoms with van der Waals surface area (Å²) >= 11 is 0. The van der Waals surface area contributed by atoms with E-state index in [9.17, 15) is 0 Å². The van der Waals surface area contributed by atoms with Crippen LogP contribution in [0.2, 0.25) is 0 Å². The van der Waals surface area contributed by atoms with E-state index in [0.717, 1.165) is 32.7 Å². The van der Waals surface area contributed by atoms with Crippen molar-refractivity contribution in [3.63, 3.8) is 0 Å². The summed E-state index contributed by atoms with van der Waals surface area (Å²) in [6.45, 7) is 9.66. The maximum Gasteiger partial charge on any atom is 0.140 e. The van der Waals surface area contributed by atoms with Crippen LogP contribution in [0.1, 0.15) is 33.6 Å². The molecule has 0 atom stereocenters. The number of rotatable bonds is 9. The molecule has 0 saturated carbocycles. The third-order valence-electron chi connectivity index (χ3n) is 2.45. The molecule has 0 amide bonds. The molecule has 96 valence electrons. The van der Waals surface area contributed by atoms with E-state index in [2.05, 4.69) is 23.9 Å². The average Bonchev–Trinajstić information content (AvgIpc) is 2.27. The van der Waals surface area contributed by atoms with Crippen molar-refractivity contribution in [2.75, 3.05) is 26.3 Å². The molecular formula is C11H25N3O2. The number of nitrogens with zero attached hydrogens (tertiary/aromatic N) is 2. The van der Waals surface area contributed by atoms with Crippen LogP contribution in [0.4, 0.5) is 0 Å². The largest absolute Gasteiger partial charge is 0.409 e. The number of hydrogen-bond donors (Lipinski definition) is 2. The Hall–Kier alpha value is -0.810. The van der Waals surface area contributed by atoms with Gasteiger partial charge in [-0.3, -0.25) is 0 Å². The molecule has 0 fully saturated rings. The Morgan fingerprint density at radius 2 is 2.12 bits per heavy atom. The van der Waals surface area contributed by atoms with Crippen molar-refractivity contribution < 1.29 is 9.94 Å². The van der Waals surface area contributed by atoms with Gasteiger partial charge in [-0.1, -0.05) is 5.16 Å². The first kappa shape index (κ1) is 15.2. The summed E-state index contributed by atoms with van der Waals surface area (Å²) in [6.07, 6.45) is 1.62. The van der Waals surface area contributed by atoms with Crippen LogP contribution in [-0.4, -0.2) is 48.3 Å². The van der Waals surface area contributed by atoms with Crippen molar-refractivity contribution in [2.45, 2.75) is 39.7 Å². The lowest BCUT2D eigenvalue weighted by Gasteiger charge is -2.26. The first-order valence-corrected chi connectivity index (χ1v) is 5.90. The molecule has 0 aliphatic heterocycles. The van der Waals surface area contributed by atoms with E-state index in [0.29, 0.717) is 12.5 Å². The van der Waals surface area contributed by atoms with Gasteiger partial charge in [-0.25, -0.2) is 0 Å². The molecule has 3 N–H and O–H groups in total. The molecule has 0 aliphatic rings. The molecule has 0 heterocycles. The lowest BCUT2D eigenvalue weighted by Crippen LogP contribution is -2.35. The van der Waals surface area contributed by atoms with Gasteiger partial charge < -0.3 is 20.6 Å². The number of amidine groups is 1. The van der Waals surface area contributed by atoms with Crippen LogP contribution in [-0.2, 0) is 4.74 Å². The third-order valence-corrected chi connectivity index (χ3v) is 2.45. The van der Waals surface area contributed by atoms with Crippen molar-refractivity contribution in [1.82, 2.24) is 4.90 Å². The smallest absolute Gasteiger partial charge is 0.140 e. The van der Waals surface area contributed by atoms with Gasteiger partial charge in [-0.15, -0.1) is 0 Å². The molecule has 0 aromatic rings. The second-order valence-electron chi connectivity index (χ2n) is 4.02. The van der Waals surface area contributed by atoms with Gasteiger partial charge in [0, 0.05) is 38.8 Å². The zero-order valence-electron chi connectivity index (χ0n) is 10.6. The molecule has 0 radical (unpaired) electrons. The first-order chi connectivity index (χ1) is 7.61. The zero-order valence-corrected chi connectivity index (χ0v) is 10.6. The van der Waals surface area contributed by atoms with Crippen LogP contribution in [0, 0.1) is 0 Å². The van der Waals surface area contributed by atoms with Gasteiger partial charge in [-0.2, -0.15) is 0 Å². The molecule has 0 rings (SSSR count). The molecule has 0 unspecified atom stereocenters. The molecule has 0 aromatic carbocycles. The fourth-order valence-electron chi connectivity index (χ4n) is 1.45. The van der Waals surface area contributed by atoms with E-state index in [1.54, 1.807) is 0 Å². The van der Waals surface area contributed by atoms with Gasteiger partial charge in [-0.05, 0) is 27.2 Å². The number of ether oxygens (including phenoxy) is 1. The Morgan fingerprint density at radius 3 is 2.62 bits per heavy atom. The second kappa shape index (κ2) is 9.42. The van der Waals surface area contributed by atoms with Crippen molar-refractivity contribution >= 4 is 5.84 Å². The van der Waals surface area contributed by atoms with E-state index in [1.165, 1.54) is 0 Å². The van der Waals surface area contributed by atoms with Gasteiger partial charge in [0.05, 0.1) is 0 Å². The number of nitrogens with two attached hydrogens (primary N) is 1. The lowest BCUT2D eigenvalue weighted by atomic mass is 10.2. The van der Waals surface area contributed by atoms with E-state index >= 15 is 0 Å². The van der Waals surface area contributed by atoms with Crippen LogP contribution in [0.5, 0.6) is 0 Å². The molecule has 5 heteroatoms. The van der Waals surface area contributed by atoms with Gasteiger partial charge >= 0.3 is 0 Å². The SMILES string of the molecule is CCOCCCN(CCC(N)=NO)C(C)C. The predicted octanol–water partition coefficient (Wildman–Crippen LogP) is 1.26. The van der Waals surface area contributed by atoms with E-state index in [4.69, 9.17) is 15.7 Å². The minimum atomic E-state index is 0.287. The molecule has 5 nitrogen and oxygen atoms in total. The molecule has 0 bridgehead atoms. The standard InChI is InChI=1S/C11H25N3O2/c1-4-16-9-5-7-14(10(2)3)8-6-11(12)13-15/h10,15H,4-9H2,1-3H3,(H2,12,13). The molecule has 0 aromatic heterocycles. The summed E-state index contributed by atoms with van der Waals surface area (Å²) in [5.74, 6) is 0.287. The maximum atomic E-state index is 8.46. The van der Waals surface area contributed by atoms with E-state index in [1.807, 2.05) is 6.92 Å². The number of hydrogen-bond acceptors (Lipinski definition) is 4. The zero-order chi connectivity index (χ0) is 12.4. The van der Waals surface area contributed by atoms with E-state index in [-0.39, 0.29) is 5.84 Å². The highest BCUT2D eigenvalue weighted by Gasteiger charge is 2.09. The van der Waals surface area contributed by atoms with Crippen molar-refractivity contribution in [1.29, 1.82) is 0 Å². The van der Waals surface area contributed by atoms with Crippen molar-refractivity contribution in [2.24, 2.45) is 10.9 Å². The molecule has 16 heavy (non-hydrogen) atoms. The van der Waals surface area contributed by atoms with Crippen molar-refractivity contribution in [3.05, 3.63) is 0 Å². The Balaban J connectivity index is 3.80. The highest BCUT2D eigenvalue weighted by atomic mass is 16.5. The Labute approximate surface area is 98.2 Å². The Morgan fingerprint density at radius 1 is 1.44 bits per heavy atom. The Kier molecular flexibility index (Phi) is 8.94. The highest BCUT2D eigenvalue weighted by molar-refractivity contribution is 5.79. The highest BCUT2D eigenvalue weighted by Crippen LogP contribution is 2.01. The second-order valence-corrected chi connectivity index (χ2v) is 4.02. The molecule has 0 saturated heterocycles. The molecular weight excluding hydrogens is 206 g/mol. The average molecular weight is 231 g/mol. The van der Waals surface area contributed by atoms with Crippen molar-refractivity contribution in [3.8, 4) is 0 Å². The monoisotopic (exact) mass is 231 g/mol. The normalized spacial score (nSPS) is 12.7. The topological polar surface area (TPSA) is 71.1 Å². The number of oxime groups is 1. The summed E-state index contributed by atoms with van der Waals surface area (Å²) in [4.78, 5) is 2.30. The summed E-state index contributed by atoms with van der Waals surface area (Å²) in [6, 6.07) is 0.466. The minimum absolute atomic E-state index is 0.287. The summed E-state index contributed by atoms with van der Waals surface area (Å²) < 4.78 is 5.30. The Bertz CT molecular complexity index is 196. The molecule has 0 aliphatic carbocycles. The fraction of sp³-hybridized carbons (Fsp3) is 0.909.